The Morgan fingerprint density at radius 1 is 0.800 bits per heavy atom. The lowest BCUT2D eigenvalue weighted by atomic mass is 10.2. The third-order valence-corrected chi connectivity index (χ3v) is 80.9. The van der Waals surface area contributed by atoms with E-state index < -0.39 is 29.4 Å². The first-order valence-electron chi connectivity index (χ1n) is 9.82. The quantitative estimate of drug-likeness (QED) is 0.511. The molecule has 1 unspecified atom stereocenters. The topological polar surface area (TPSA) is 29.3 Å². The molecule has 1 aromatic carbocycles. The van der Waals surface area contributed by atoms with Gasteiger partial charge in [-0.2, -0.15) is 0 Å². The Morgan fingerprint density at radius 2 is 1.24 bits per heavy atom. The van der Waals surface area contributed by atoms with Crippen LogP contribution in [0.4, 0.5) is 11.4 Å². The van der Waals surface area contributed by atoms with E-state index in [2.05, 4.69) is 88.1 Å². The summed E-state index contributed by atoms with van der Waals surface area (Å²) in [4.78, 5) is 2.66. The summed E-state index contributed by atoms with van der Waals surface area (Å²) in [5.41, 5.74) is 9.14. The van der Waals surface area contributed by atoms with E-state index in [0.29, 0.717) is 0 Å². The number of hydrogen-bond donors (Lipinski definition) is 1. The molecule has 2 rings (SSSR count). The highest BCUT2D eigenvalue weighted by Crippen LogP contribution is 2.49. The van der Waals surface area contributed by atoms with E-state index in [9.17, 15) is 0 Å². The van der Waals surface area contributed by atoms with Gasteiger partial charge in [-0.1, -0.05) is 58.9 Å². The first-order chi connectivity index (χ1) is 11.2. The Hall–Kier alpha value is -0.312. The molecule has 2 nitrogen and oxygen atoms in total. The van der Waals surface area contributed by atoms with Gasteiger partial charge >= 0.3 is 0 Å². The molecule has 1 aromatic rings. The van der Waals surface area contributed by atoms with Gasteiger partial charge in [0.1, 0.15) is 0 Å². The van der Waals surface area contributed by atoms with Crippen LogP contribution in [0.3, 0.4) is 0 Å². The van der Waals surface area contributed by atoms with E-state index in [1.165, 1.54) is 25.2 Å². The number of anilines is 2. The maximum atomic E-state index is 5.90. The molecular weight excluding hydrogens is 369 g/mol. The molecule has 1 heterocycles. The predicted octanol–water partition coefficient (Wildman–Crippen LogP) is 5.55. The van der Waals surface area contributed by atoms with E-state index in [-0.39, 0.29) is 0 Å². The summed E-state index contributed by atoms with van der Waals surface area (Å²) in [6.45, 7) is 25.8. The number of hydrogen-bond acceptors (Lipinski definition) is 2. The van der Waals surface area contributed by atoms with Gasteiger partial charge in [0.05, 0.1) is 0 Å². The Kier molecular flexibility index (Phi) is 5.62. The second-order valence-electron chi connectivity index (χ2n) is 11.1. The van der Waals surface area contributed by atoms with Crippen molar-refractivity contribution in [1.82, 2.24) is 0 Å². The van der Waals surface area contributed by atoms with Crippen molar-refractivity contribution in [3.8, 4) is 0 Å². The lowest BCUT2D eigenvalue weighted by Gasteiger charge is -2.60. The first kappa shape index (κ1) is 21.0. The van der Waals surface area contributed by atoms with Gasteiger partial charge in [0.25, 0.3) is 0 Å². The van der Waals surface area contributed by atoms with Crippen LogP contribution >= 0.6 is 0 Å². The molecule has 1 fully saturated rings. The zero-order valence-electron chi connectivity index (χ0n) is 18.0. The van der Waals surface area contributed by atoms with Crippen LogP contribution in [0.25, 0.3) is 0 Å². The fourth-order valence-corrected chi connectivity index (χ4v) is 113. The summed E-state index contributed by atoms with van der Waals surface area (Å²) in [5, 5.41) is 0. The van der Waals surface area contributed by atoms with E-state index in [4.69, 9.17) is 5.73 Å². The Morgan fingerprint density at radius 3 is 1.64 bits per heavy atom. The van der Waals surface area contributed by atoms with Crippen molar-refractivity contribution in [3.05, 3.63) is 24.3 Å². The molecule has 0 radical (unpaired) electrons. The van der Waals surface area contributed by atoms with Crippen LogP contribution in [-0.2, 0) is 0 Å². The molecule has 1 aliphatic heterocycles. The fourth-order valence-electron chi connectivity index (χ4n) is 7.25. The number of nitrogens with zero attached hydrogens (tertiary/aromatic N) is 1. The fraction of sp³-hybridized carbons (Fsp3) is 0.684. The average Bonchev–Trinajstić information content (AvgIpc) is 2.84. The molecule has 0 bridgehead atoms. The summed E-state index contributed by atoms with van der Waals surface area (Å²) >= 11 is 0. The summed E-state index contributed by atoms with van der Waals surface area (Å²) in [6, 6.07) is 8.56. The molecule has 1 atom stereocenters. The van der Waals surface area contributed by atoms with Crippen molar-refractivity contribution in [2.45, 2.75) is 70.9 Å². The maximum absolute atomic E-state index is 5.90. The lowest BCUT2D eigenvalue weighted by molar-refractivity contribution is 0.922. The van der Waals surface area contributed by atoms with E-state index in [1.54, 1.807) is 0 Å². The predicted molar refractivity (Wildman–Crippen MR) is 127 cm³/mol. The molecule has 2 N–H and O–H groups in total. The van der Waals surface area contributed by atoms with E-state index in [0.717, 1.165) is 11.2 Å². The van der Waals surface area contributed by atoms with E-state index >= 15 is 0 Å². The standard InChI is InChI=1S/C19H40N2Si4/c1-22(2,3)25(23(4,5)6,24(7,8)9)19-14-15-21(16-19)18-12-10-17(20)11-13-18/h10-13,19H,14-16,20H2,1-9H3. The smallest absolute Gasteiger partial charge is 0.0427 e. The molecule has 0 aromatic heterocycles. The van der Waals surface area contributed by atoms with Gasteiger partial charge in [-0.05, 0) is 36.2 Å². The minimum absolute atomic E-state index is 0.870. The average molecular weight is 409 g/mol. The van der Waals surface area contributed by atoms with Crippen LogP contribution in [0.5, 0.6) is 0 Å². The summed E-state index contributed by atoms with van der Waals surface area (Å²) in [6.07, 6.45) is 1.43. The summed E-state index contributed by atoms with van der Waals surface area (Å²) in [5.74, 6) is 0. The first-order valence-corrected chi connectivity index (χ1v) is 25.4. The van der Waals surface area contributed by atoms with Crippen LogP contribution in [0, 0.1) is 0 Å². The van der Waals surface area contributed by atoms with Crippen molar-refractivity contribution in [2.75, 3.05) is 23.7 Å². The number of nitrogens with two attached hydrogens (primary N) is 1. The second kappa shape index (κ2) is 6.69. The molecular formula is C19H40N2Si4. The SMILES string of the molecule is C[Si](C)(C)[Si](C1CCN(c2ccc(N)cc2)C1)([Si](C)(C)C)[Si](C)(C)C. The van der Waals surface area contributed by atoms with Crippen molar-refractivity contribution < 1.29 is 0 Å². The van der Waals surface area contributed by atoms with Gasteiger partial charge < -0.3 is 10.6 Å². The molecule has 0 spiro atoms. The summed E-state index contributed by atoms with van der Waals surface area (Å²) in [7, 11) is -3.59. The van der Waals surface area contributed by atoms with Gasteiger partial charge in [-0.3, -0.25) is 0 Å². The van der Waals surface area contributed by atoms with Crippen LogP contribution in [0.1, 0.15) is 6.42 Å². The maximum Gasteiger partial charge on any atom is 0.0427 e. The van der Waals surface area contributed by atoms with Gasteiger partial charge in [0.15, 0.2) is 0 Å². The van der Waals surface area contributed by atoms with Gasteiger partial charge in [0.2, 0.25) is 0 Å². The van der Waals surface area contributed by atoms with Crippen LogP contribution in [0.2, 0.25) is 64.5 Å². The Balaban J connectivity index is 2.45. The number of rotatable bonds is 5. The Labute approximate surface area is 159 Å². The van der Waals surface area contributed by atoms with Crippen molar-refractivity contribution >= 4 is 40.8 Å². The molecule has 142 valence electrons. The highest BCUT2D eigenvalue weighted by Gasteiger charge is 2.65. The van der Waals surface area contributed by atoms with Crippen molar-refractivity contribution in [1.29, 1.82) is 0 Å². The molecule has 1 saturated heterocycles. The van der Waals surface area contributed by atoms with Crippen LogP contribution in [0.15, 0.2) is 24.3 Å². The highest BCUT2D eigenvalue weighted by molar-refractivity contribution is 7.89. The highest BCUT2D eigenvalue weighted by atomic mass is 29.9. The van der Waals surface area contributed by atoms with Crippen molar-refractivity contribution in [3.63, 3.8) is 0 Å². The molecule has 0 saturated carbocycles. The number of benzene rings is 1. The van der Waals surface area contributed by atoms with Crippen LogP contribution < -0.4 is 10.6 Å². The molecule has 0 amide bonds. The third-order valence-electron chi connectivity index (χ3n) is 6.61. The lowest BCUT2D eigenvalue weighted by Crippen LogP contribution is -2.84. The third kappa shape index (κ3) is 3.59. The molecule has 6 heteroatoms. The number of nitrogen functional groups attached to an aromatic ring is 1. The van der Waals surface area contributed by atoms with Gasteiger partial charge in [-0.25, -0.2) is 0 Å². The summed E-state index contributed by atoms with van der Waals surface area (Å²) < 4.78 is 0. The van der Waals surface area contributed by atoms with Gasteiger partial charge in [0, 0.05) is 53.9 Å². The van der Waals surface area contributed by atoms with E-state index in [1.807, 2.05) is 0 Å². The molecule has 0 aliphatic carbocycles. The zero-order chi connectivity index (χ0) is 19.3. The van der Waals surface area contributed by atoms with Gasteiger partial charge in [-0.15, -0.1) is 0 Å². The minimum Gasteiger partial charge on any atom is -0.399 e. The largest absolute Gasteiger partial charge is 0.399 e. The molecule has 1 aliphatic rings. The van der Waals surface area contributed by atoms with Crippen molar-refractivity contribution in [2.24, 2.45) is 0 Å². The normalized spacial score (nSPS) is 20.2. The Bertz CT molecular complexity index is 558. The second-order valence-corrected chi connectivity index (χ2v) is 52.1. The monoisotopic (exact) mass is 408 g/mol. The minimum atomic E-state index is -1.30. The zero-order valence-corrected chi connectivity index (χ0v) is 22.0. The van der Waals surface area contributed by atoms with Crippen LogP contribution in [-0.4, -0.2) is 42.5 Å². The molecule has 25 heavy (non-hydrogen) atoms.